The van der Waals surface area contributed by atoms with Crippen molar-refractivity contribution in [3.8, 4) is 5.75 Å². The van der Waals surface area contributed by atoms with Crippen molar-refractivity contribution in [3.63, 3.8) is 0 Å². The second kappa shape index (κ2) is 10.3. The molecule has 3 N–H and O–H groups in total. The van der Waals surface area contributed by atoms with Crippen molar-refractivity contribution < 1.29 is 33.0 Å². The van der Waals surface area contributed by atoms with E-state index in [9.17, 15) is 28.2 Å². The molecule has 0 saturated carbocycles. The molecule has 1 aliphatic heterocycles. The van der Waals surface area contributed by atoms with Crippen molar-refractivity contribution in [1.29, 1.82) is 0 Å². The van der Waals surface area contributed by atoms with Gasteiger partial charge >= 0.3 is 5.97 Å². The number of rotatable bonds is 7. The van der Waals surface area contributed by atoms with Crippen LogP contribution < -0.4 is 5.32 Å². The minimum atomic E-state index is -4.49. The Morgan fingerprint density at radius 3 is 2.23 bits per heavy atom. The first-order valence-corrected chi connectivity index (χ1v) is 12.8. The van der Waals surface area contributed by atoms with Gasteiger partial charge in [-0.2, -0.15) is 0 Å². The molecule has 0 bridgehead atoms. The number of esters is 1. The number of phenolic OH excluding ortho intramolecular Hbond substituents is 1. The largest absolute Gasteiger partial charge is 0.508 e. The maximum absolute atomic E-state index is 13.8. The van der Waals surface area contributed by atoms with Gasteiger partial charge in [-0.3, -0.25) is 4.79 Å². The van der Waals surface area contributed by atoms with Crippen LogP contribution in [0, 0.1) is 6.92 Å². The fourth-order valence-electron chi connectivity index (χ4n) is 3.81. The van der Waals surface area contributed by atoms with Gasteiger partial charge < -0.3 is 20.3 Å². The smallest absolute Gasteiger partial charge is 0.330 e. The molecule has 0 radical (unpaired) electrons. The molecule has 3 atom stereocenters. The molecule has 1 heterocycles. The highest BCUT2D eigenvalue weighted by Crippen LogP contribution is 2.26. The summed E-state index contributed by atoms with van der Waals surface area (Å²) < 4.78 is 33.8. The molecule has 2 aromatic rings. The Morgan fingerprint density at radius 2 is 1.71 bits per heavy atom. The predicted molar refractivity (Wildman–Crippen MR) is 129 cm³/mol. The lowest BCUT2D eigenvalue weighted by Crippen LogP contribution is -2.55. The molecule has 1 saturated heterocycles. The predicted octanol–water partition coefficient (Wildman–Crippen LogP) is 1.89. The minimum absolute atomic E-state index is 0.00641. The number of aryl methyl sites for hydroxylation is 1. The number of nitrogens with one attached hydrogen (secondary N) is 1. The van der Waals surface area contributed by atoms with Crippen LogP contribution >= 0.6 is 0 Å². The summed E-state index contributed by atoms with van der Waals surface area (Å²) >= 11 is 0. The Bertz CT molecular complexity index is 1160. The summed E-state index contributed by atoms with van der Waals surface area (Å²) in [7, 11) is -4.49. The van der Waals surface area contributed by atoms with Crippen molar-refractivity contribution in [2.24, 2.45) is 0 Å². The number of aromatic hydroxyl groups is 1. The number of ether oxygens (including phenoxy) is 1. The van der Waals surface area contributed by atoms with Crippen LogP contribution in [-0.2, 0) is 30.8 Å². The van der Waals surface area contributed by atoms with Gasteiger partial charge in [0.15, 0.2) is 0 Å². The second-order valence-electron chi connectivity index (χ2n) is 9.72. The number of β-amino-alcohol motifs (C(OH)–C–C–N with tert-alkyl or cyclic N) is 1. The number of aliphatic hydroxyl groups is 1. The summed E-state index contributed by atoms with van der Waals surface area (Å²) in [6.45, 7) is 6.88. The van der Waals surface area contributed by atoms with Crippen molar-refractivity contribution in [1.82, 2.24) is 9.62 Å². The van der Waals surface area contributed by atoms with E-state index in [1.54, 1.807) is 52.0 Å². The highest BCUT2D eigenvalue weighted by Gasteiger charge is 2.45. The van der Waals surface area contributed by atoms with Crippen LogP contribution in [-0.4, -0.2) is 65.1 Å². The quantitative estimate of drug-likeness (QED) is 0.487. The SMILES string of the molecule is Cc1ccc(S(=O)(=O)N(C(=O)[C@@H]2C[C@@H](O)CN2)[C@@H](Cc2ccc(O)cc2)C(=O)OC(C)(C)C)cc1. The van der Waals surface area contributed by atoms with Gasteiger partial charge in [-0.25, -0.2) is 17.5 Å². The highest BCUT2D eigenvalue weighted by atomic mass is 32.2. The number of benzene rings is 2. The third kappa shape index (κ3) is 6.59. The molecule has 10 heteroatoms. The molecule has 2 aromatic carbocycles. The summed E-state index contributed by atoms with van der Waals surface area (Å²) in [5, 5.41) is 22.4. The van der Waals surface area contributed by atoms with E-state index in [1.165, 1.54) is 24.3 Å². The van der Waals surface area contributed by atoms with Crippen molar-refractivity contribution >= 4 is 21.9 Å². The summed E-state index contributed by atoms with van der Waals surface area (Å²) in [6, 6.07) is 9.39. The first-order valence-electron chi connectivity index (χ1n) is 11.3. The normalized spacial score (nSPS) is 19.2. The van der Waals surface area contributed by atoms with Crippen LogP contribution in [0.3, 0.4) is 0 Å². The number of carbonyl (C=O) groups is 2. The van der Waals surface area contributed by atoms with Gasteiger partial charge in [-0.05, 0) is 63.9 Å². The first kappa shape index (κ1) is 26.7. The second-order valence-corrected chi connectivity index (χ2v) is 11.5. The fraction of sp³-hybridized carbons (Fsp3) is 0.440. The van der Waals surface area contributed by atoms with E-state index in [-0.39, 0.29) is 30.0 Å². The van der Waals surface area contributed by atoms with Gasteiger partial charge in [0.05, 0.1) is 17.0 Å². The average molecular weight is 505 g/mol. The maximum Gasteiger partial charge on any atom is 0.330 e. The molecule has 0 aromatic heterocycles. The lowest BCUT2D eigenvalue weighted by atomic mass is 10.0. The molecule has 35 heavy (non-hydrogen) atoms. The van der Waals surface area contributed by atoms with E-state index in [2.05, 4.69) is 5.32 Å². The van der Waals surface area contributed by atoms with E-state index in [1.807, 2.05) is 0 Å². The van der Waals surface area contributed by atoms with Crippen molar-refractivity contribution in [2.45, 2.75) is 69.2 Å². The summed E-state index contributed by atoms with van der Waals surface area (Å²) in [4.78, 5) is 26.9. The van der Waals surface area contributed by atoms with Crippen LogP contribution in [0.15, 0.2) is 53.4 Å². The minimum Gasteiger partial charge on any atom is -0.508 e. The fourth-order valence-corrected chi connectivity index (χ4v) is 5.38. The van der Waals surface area contributed by atoms with Crippen molar-refractivity contribution in [3.05, 3.63) is 59.7 Å². The standard InChI is InChI=1S/C25H32N2O7S/c1-16-5-11-20(12-6-16)35(32,33)27(23(30)21-14-19(29)15-26-21)22(24(31)34-25(2,3)4)13-17-7-9-18(28)10-8-17/h5-12,19,21-22,26,28-29H,13-15H2,1-4H3/t19-,21+,22+/m1/s1. The average Bonchev–Trinajstić information content (AvgIpc) is 3.20. The zero-order valence-corrected chi connectivity index (χ0v) is 21.1. The molecule has 0 spiro atoms. The van der Waals surface area contributed by atoms with Gasteiger partial charge in [-0.15, -0.1) is 0 Å². The summed E-state index contributed by atoms with van der Waals surface area (Å²) in [5.74, 6) is -1.73. The van der Waals surface area contributed by atoms with Gasteiger partial charge in [0.2, 0.25) is 0 Å². The zero-order chi connectivity index (χ0) is 26.0. The van der Waals surface area contributed by atoms with Crippen molar-refractivity contribution in [2.75, 3.05) is 6.54 Å². The van der Waals surface area contributed by atoms with E-state index in [0.717, 1.165) is 5.56 Å². The molecule has 3 rings (SSSR count). The molecule has 1 fully saturated rings. The monoisotopic (exact) mass is 504 g/mol. The van der Waals surface area contributed by atoms with Gasteiger partial charge in [0, 0.05) is 13.0 Å². The number of sulfonamides is 1. The molecule has 1 amide bonds. The van der Waals surface area contributed by atoms with Crippen LogP contribution in [0.2, 0.25) is 0 Å². The van der Waals surface area contributed by atoms with E-state index in [0.29, 0.717) is 9.87 Å². The number of aliphatic hydroxyl groups excluding tert-OH is 1. The number of hydrogen-bond donors (Lipinski definition) is 3. The highest BCUT2D eigenvalue weighted by molar-refractivity contribution is 7.89. The Hall–Kier alpha value is -2.95. The first-order chi connectivity index (χ1) is 16.3. The topological polar surface area (TPSA) is 133 Å². The summed E-state index contributed by atoms with van der Waals surface area (Å²) in [6.07, 6.45) is -0.967. The van der Waals surface area contributed by atoms with Crippen LogP contribution in [0.1, 0.15) is 38.3 Å². The molecule has 0 aliphatic carbocycles. The van der Waals surface area contributed by atoms with E-state index >= 15 is 0 Å². The Morgan fingerprint density at radius 1 is 1.11 bits per heavy atom. The third-order valence-corrected chi connectivity index (χ3v) is 7.35. The zero-order valence-electron chi connectivity index (χ0n) is 20.3. The summed E-state index contributed by atoms with van der Waals surface area (Å²) in [5.41, 5.74) is 0.416. The molecule has 1 aliphatic rings. The molecule has 190 valence electrons. The van der Waals surface area contributed by atoms with Crippen LogP contribution in [0.25, 0.3) is 0 Å². The van der Waals surface area contributed by atoms with Gasteiger partial charge in [-0.1, -0.05) is 29.8 Å². The van der Waals surface area contributed by atoms with Crippen LogP contribution in [0.5, 0.6) is 5.75 Å². The van der Waals surface area contributed by atoms with E-state index < -0.39 is 45.7 Å². The van der Waals surface area contributed by atoms with E-state index in [4.69, 9.17) is 4.74 Å². The van der Waals surface area contributed by atoms with Gasteiger partial charge in [0.1, 0.15) is 17.4 Å². The number of carbonyl (C=O) groups excluding carboxylic acids is 2. The number of hydrogen-bond acceptors (Lipinski definition) is 8. The number of amides is 1. The molecular formula is C25H32N2O7S. The Balaban J connectivity index is 2.13. The molecule has 0 unspecified atom stereocenters. The lowest BCUT2D eigenvalue weighted by molar-refractivity contribution is -0.162. The lowest BCUT2D eigenvalue weighted by Gasteiger charge is -2.33. The third-order valence-electron chi connectivity index (χ3n) is 5.53. The van der Waals surface area contributed by atoms with Crippen LogP contribution in [0.4, 0.5) is 0 Å². The number of phenols is 1. The van der Waals surface area contributed by atoms with Gasteiger partial charge in [0.25, 0.3) is 15.9 Å². The molecule has 9 nitrogen and oxygen atoms in total. The molecular weight excluding hydrogens is 472 g/mol. The Kier molecular flexibility index (Phi) is 7.88. The number of nitrogens with zero attached hydrogens (tertiary/aromatic N) is 1. The Labute approximate surface area is 205 Å². The maximum atomic E-state index is 13.8.